The average molecular weight is 381 g/mol. The molecule has 1 aliphatic heterocycles. The normalized spacial score (nSPS) is 26.4. The summed E-state index contributed by atoms with van der Waals surface area (Å²) in [6.07, 6.45) is 1.57. The van der Waals surface area contributed by atoms with Gasteiger partial charge in [0.2, 0.25) is 0 Å². The fraction of sp³-hybridized carbons (Fsp3) is 0.381. The van der Waals surface area contributed by atoms with Crippen LogP contribution in [0.1, 0.15) is 28.9 Å². The van der Waals surface area contributed by atoms with Crippen LogP contribution in [0.3, 0.4) is 0 Å². The van der Waals surface area contributed by atoms with Crippen molar-refractivity contribution in [3.8, 4) is 11.8 Å². The Balaban J connectivity index is 1.41. The Bertz CT molecular complexity index is 895. The summed E-state index contributed by atoms with van der Waals surface area (Å²) in [6, 6.07) is 10.9. The zero-order valence-corrected chi connectivity index (χ0v) is 15.2. The molecule has 1 aliphatic carbocycles. The summed E-state index contributed by atoms with van der Waals surface area (Å²) in [5, 5.41) is 19.3. The first-order chi connectivity index (χ1) is 13.5. The lowest BCUT2D eigenvalue weighted by Gasteiger charge is -2.35. The van der Waals surface area contributed by atoms with Crippen LogP contribution in [0.5, 0.6) is 5.75 Å². The van der Waals surface area contributed by atoms with Gasteiger partial charge in [0.15, 0.2) is 0 Å². The lowest BCUT2D eigenvalue weighted by Crippen LogP contribution is -2.42. The monoisotopic (exact) mass is 381 g/mol. The Morgan fingerprint density at radius 3 is 2.54 bits per heavy atom. The molecule has 0 radical (unpaired) electrons. The van der Waals surface area contributed by atoms with Gasteiger partial charge in [-0.2, -0.15) is 5.26 Å². The summed E-state index contributed by atoms with van der Waals surface area (Å²) in [6.45, 7) is 1.16. The number of carbonyl (C=O) groups excluding carboxylic acids is 1. The number of benzene rings is 1. The average Bonchev–Trinajstić information content (AvgIpc) is 3.12. The molecule has 0 unspecified atom stereocenters. The van der Waals surface area contributed by atoms with Gasteiger partial charge in [0.25, 0.3) is 5.91 Å². The second-order valence-corrected chi connectivity index (χ2v) is 7.42. The van der Waals surface area contributed by atoms with E-state index in [0.717, 1.165) is 0 Å². The molecule has 1 N–H and O–H groups in total. The van der Waals surface area contributed by atoms with Crippen molar-refractivity contribution in [2.24, 2.45) is 11.8 Å². The maximum atomic E-state index is 13.1. The quantitative estimate of drug-likeness (QED) is 0.882. The first-order valence-electron chi connectivity index (χ1n) is 9.29. The molecule has 7 heteroatoms. The summed E-state index contributed by atoms with van der Waals surface area (Å²) in [7, 11) is 0. The number of hydrogen-bond acceptors (Lipinski definition) is 5. The predicted octanol–water partition coefficient (Wildman–Crippen LogP) is 2.38. The number of nitrogens with zero attached hydrogens (tertiary/aromatic N) is 3. The van der Waals surface area contributed by atoms with E-state index in [0.29, 0.717) is 42.9 Å². The number of rotatable bonds is 3. The third kappa shape index (κ3) is 3.69. The molecule has 6 nitrogen and oxygen atoms in total. The van der Waals surface area contributed by atoms with Crippen molar-refractivity contribution in [2.75, 3.05) is 13.1 Å². The van der Waals surface area contributed by atoms with Gasteiger partial charge in [-0.3, -0.25) is 4.79 Å². The van der Waals surface area contributed by atoms with Crippen LogP contribution in [-0.2, 0) is 0 Å². The van der Waals surface area contributed by atoms with E-state index in [1.165, 1.54) is 18.3 Å². The number of halogens is 1. The maximum Gasteiger partial charge on any atom is 0.272 e. The van der Waals surface area contributed by atoms with Crippen LogP contribution in [0, 0.1) is 29.0 Å². The number of hydrogen-bond donors (Lipinski definition) is 1. The number of amides is 1. The Kier molecular flexibility index (Phi) is 4.97. The van der Waals surface area contributed by atoms with Gasteiger partial charge in [0.05, 0.1) is 11.7 Å². The van der Waals surface area contributed by atoms with Crippen molar-refractivity contribution in [1.29, 1.82) is 5.26 Å². The minimum atomic E-state index is -0.630. The van der Waals surface area contributed by atoms with Crippen molar-refractivity contribution in [3.05, 3.63) is 59.7 Å². The van der Waals surface area contributed by atoms with E-state index in [9.17, 15) is 14.3 Å². The molecule has 2 fully saturated rings. The second-order valence-electron chi connectivity index (χ2n) is 7.42. The predicted molar refractivity (Wildman–Crippen MR) is 97.9 cm³/mol. The van der Waals surface area contributed by atoms with Gasteiger partial charge in [-0.1, -0.05) is 0 Å². The van der Waals surface area contributed by atoms with Crippen LogP contribution in [0.2, 0.25) is 0 Å². The van der Waals surface area contributed by atoms with Gasteiger partial charge >= 0.3 is 0 Å². The number of pyridine rings is 1. The lowest BCUT2D eigenvalue weighted by molar-refractivity contribution is -0.0231. The summed E-state index contributed by atoms with van der Waals surface area (Å²) in [4.78, 5) is 18.6. The number of aliphatic hydroxyl groups excluding tert-OH is 1. The molecule has 0 bridgehead atoms. The molecule has 1 saturated heterocycles. The van der Waals surface area contributed by atoms with Crippen molar-refractivity contribution in [3.63, 3.8) is 0 Å². The topological polar surface area (TPSA) is 86.5 Å². The van der Waals surface area contributed by atoms with E-state index in [-0.39, 0.29) is 29.7 Å². The smallest absolute Gasteiger partial charge is 0.272 e. The fourth-order valence-electron chi connectivity index (χ4n) is 4.12. The molecule has 2 aromatic rings. The number of aromatic nitrogens is 1. The molecule has 2 aliphatic rings. The Morgan fingerprint density at radius 1 is 1.18 bits per heavy atom. The first kappa shape index (κ1) is 18.4. The summed E-state index contributed by atoms with van der Waals surface area (Å²) >= 11 is 0. The van der Waals surface area contributed by atoms with Gasteiger partial charge in [-0.25, -0.2) is 9.37 Å². The fourth-order valence-corrected chi connectivity index (χ4v) is 4.12. The molecule has 2 heterocycles. The van der Waals surface area contributed by atoms with E-state index in [1.807, 2.05) is 6.07 Å². The van der Waals surface area contributed by atoms with Crippen LogP contribution in [0.25, 0.3) is 0 Å². The molecule has 1 saturated carbocycles. The van der Waals surface area contributed by atoms with Crippen molar-refractivity contribution >= 4 is 5.91 Å². The standard InChI is InChI=1S/C21H20FN3O3/c22-16-2-4-17(5-3-16)28-20-8-15-12-25(11-14(15)7-19(20)26)21(27)18-6-1-13(9-23)10-24-18/h1-6,10,14-15,19-20,26H,7-8,11-12H2/t14-,15+,19+,20+/m0/s1. The van der Waals surface area contributed by atoms with Crippen LogP contribution in [0.4, 0.5) is 4.39 Å². The zero-order valence-electron chi connectivity index (χ0n) is 15.2. The van der Waals surface area contributed by atoms with Gasteiger partial charge in [0.1, 0.15) is 29.4 Å². The van der Waals surface area contributed by atoms with Gasteiger partial charge in [-0.05, 0) is 61.1 Å². The van der Waals surface area contributed by atoms with Crippen LogP contribution < -0.4 is 4.74 Å². The van der Waals surface area contributed by atoms with Crippen molar-refractivity contribution in [1.82, 2.24) is 9.88 Å². The molecule has 1 aromatic carbocycles. The lowest BCUT2D eigenvalue weighted by atomic mass is 9.78. The minimum absolute atomic E-state index is 0.163. The molecular weight excluding hydrogens is 361 g/mol. The molecule has 4 rings (SSSR count). The third-order valence-electron chi connectivity index (χ3n) is 5.58. The number of likely N-dealkylation sites (tertiary alicyclic amines) is 1. The summed E-state index contributed by atoms with van der Waals surface area (Å²) in [5.41, 5.74) is 0.729. The molecule has 144 valence electrons. The molecule has 1 aromatic heterocycles. The molecule has 28 heavy (non-hydrogen) atoms. The molecular formula is C21H20FN3O3. The van der Waals surface area contributed by atoms with E-state index < -0.39 is 6.10 Å². The SMILES string of the molecule is N#Cc1ccc(C(=O)N2C[C@H]3C[C@@H](Oc4ccc(F)cc4)[C@H](O)C[C@H]3C2)nc1. The molecule has 1 amide bonds. The summed E-state index contributed by atoms with van der Waals surface area (Å²) < 4.78 is 18.9. The van der Waals surface area contributed by atoms with E-state index >= 15 is 0 Å². The van der Waals surface area contributed by atoms with Crippen LogP contribution in [-0.4, -0.2) is 46.2 Å². The number of aliphatic hydroxyl groups is 1. The third-order valence-corrected chi connectivity index (χ3v) is 5.58. The van der Waals surface area contributed by atoms with E-state index in [4.69, 9.17) is 10.00 Å². The highest BCUT2D eigenvalue weighted by Gasteiger charge is 2.44. The number of ether oxygens (including phenoxy) is 1. The number of carbonyl (C=O) groups is 1. The zero-order chi connectivity index (χ0) is 19.7. The Labute approximate surface area is 162 Å². The van der Waals surface area contributed by atoms with Gasteiger partial charge in [-0.15, -0.1) is 0 Å². The second kappa shape index (κ2) is 7.56. The minimum Gasteiger partial charge on any atom is -0.488 e. The largest absolute Gasteiger partial charge is 0.488 e. The first-order valence-corrected chi connectivity index (χ1v) is 9.29. The van der Waals surface area contributed by atoms with Gasteiger partial charge < -0.3 is 14.7 Å². The Hall–Kier alpha value is -2.98. The number of nitriles is 1. The van der Waals surface area contributed by atoms with Crippen molar-refractivity contribution < 1.29 is 19.0 Å². The highest BCUT2D eigenvalue weighted by atomic mass is 19.1. The van der Waals surface area contributed by atoms with Gasteiger partial charge in [0, 0.05) is 19.3 Å². The summed E-state index contributed by atoms with van der Waals surface area (Å²) in [5.74, 6) is 0.473. The van der Waals surface area contributed by atoms with Crippen LogP contribution in [0.15, 0.2) is 42.6 Å². The molecule has 4 atom stereocenters. The van der Waals surface area contributed by atoms with Crippen molar-refractivity contribution in [2.45, 2.75) is 25.0 Å². The molecule has 0 spiro atoms. The highest BCUT2D eigenvalue weighted by Crippen LogP contribution is 2.38. The van der Waals surface area contributed by atoms with E-state index in [1.54, 1.807) is 29.2 Å². The maximum absolute atomic E-state index is 13.1. The highest BCUT2D eigenvalue weighted by molar-refractivity contribution is 5.92. The van der Waals surface area contributed by atoms with Crippen LogP contribution >= 0.6 is 0 Å². The Morgan fingerprint density at radius 2 is 1.89 bits per heavy atom. The van der Waals surface area contributed by atoms with E-state index in [2.05, 4.69) is 4.98 Å². The number of fused-ring (bicyclic) bond motifs is 1.